The topological polar surface area (TPSA) is 43.4 Å². The van der Waals surface area contributed by atoms with Crippen molar-refractivity contribution < 1.29 is 14.3 Å². The van der Waals surface area contributed by atoms with Crippen molar-refractivity contribution >= 4 is 46.0 Å². The summed E-state index contributed by atoms with van der Waals surface area (Å²) in [6, 6.07) is 4.53. The fraction of sp³-hybridized carbons (Fsp3) is 0.286. The highest BCUT2D eigenvalue weighted by atomic mass is 35.5. The summed E-state index contributed by atoms with van der Waals surface area (Å²) in [6.07, 6.45) is 1.85. The molecule has 0 radical (unpaired) electrons. The number of hydrogen-bond acceptors (Lipinski definition) is 4. The van der Waals surface area contributed by atoms with Crippen LogP contribution in [0.25, 0.3) is 0 Å². The van der Waals surface area contributed by atoms with Gasteiger partial charge < -0.3 is 4.74 Å². The Morgan fingerprint density at radius 2 is 2.05 bits per heavy atom. The molecule has 0 aliphatic carbocycles. The van der Waals surface area contributed by atoms with Crippen LogP contribution in [0.1, 0.15) is 30.6 Å². The summed E-state index contributed by atoms with van der Waals surface area (Å²) in [5.74, 6) is -0.233. The summed E-state index contributed by atoms with van der Waals surface area (Å²) in [6.45, 7) is 3.84. The van der Waals surface area contributed by atoms with Crippen molar-refractivity contribution in [2.24, 2.45) is 0 Å². The van der Waals surface area contributed by atoms with Gasteiger partial charge in [-0.05, 0) is 32.0 Å². The number of halogens is 2. The molecule has 1 aliphatic rings. The molecule has 1 aromatic rings. The first kappa shape index (κ1) is 15.4. The standard InChI is InChI=1S/C14H12Cl2O3S/c1-14(2)7-9(6-12(17)20-14)19-13(18)10-4-3-8(15)5-11(10)16/h3-6H,7H2,1-2H3. The molecule has 1 heterocycles. The van der Waals surface area contributed by atoms with E-state index in [-0.39, 0.29) is 20.4 Å². The molecule has 0 aromatic heterocycles. The van der Waals surface area contributed by atoms with E-state index in [9.17, 15) is 9.59 Å². The quantitative estimate of drug-likeness (QED) is 0.750. The van der Waals surface area contributed by atoms with Crippen LogP contribution in [0, 0.1) is 0 Å². The second-order valence-corrected chi connectivity index (χ2v) is 7.54. The predicted molar refractivity (Wildman–Crippen MR) is 81.3 cm³/mol. The summed E-state index contributed by atoms with van der Waals surface area (Å²) in [5, 5.41) is 0.543. The maximum absolute atomic E-state index is 12.1. The Labute approximate surface area is 131 Å². The molecule has 0 bridgehead atoms. The molecule has 6 heteroatoms. The molecule has 1 aromatic carbocycles. The minimum Gasteiger partial charge on any atom is -0.427 e. The maximum atomic E-state index is 12.1. The third kappa shape index (κ3) is 3.78. The van der Waals surface area contributed by atoms with E-state index in [0.717, 1.165) is 0 Å². The minimum atomic E-state index is -0.589. The molecule has 0 saturated heterocycles. The van der Waals surface area contributed by atoms with Crippen molar-refractivity contribution in [1.29, 1.82) is 0 Å². The van der Waals surface area contributed by atoms with Gasteiger partial charge in [-0.15, -0.1) is 0 Å². The molecular weight excluding hydrogens is 319 g/mol. The average Bonchev–Trinajstić information content (AvgIpc) is 2.25. The highest BCUT2D eigenvalue weighted by Crippen LogP contribution is 2.37. The molecule has 1 aliphatic heterocycles. The number of ether oxygens (including phenoxy) is 1. The molecule has 0 spiro atoms. The summed E-state index contributed by atoms with van der Waals surface area (Å²) in [4.78, 5) is 23.6. The number of benzene rings is 1. The monoisotopic (exact) mass is 330 g/mol. The molecule has 0 N–H and O–H groups in total. The van der Waals surface area contributed by atoms with Gasteiger partial charge in [-0.1, -0.05) is 35.0 Å². The summed E-state index contributed by atoms with van der Waals surface area (Å²) < 4.78 is 4.98. The van der Waals surface area contributed by atoms with Gasteiger partial charge in [-0.2, -0.15) is 0 Å². The molecule has 106 valence electrons. The second-order valence-electron chi connectivity index (χ2n) is 4.98. The van der Waals surface area contributed by atoms with E-state index in [2.05, 4.69) is 0 Å². The number of carbonyl (C=O) groups excluding carboxylic acids is 2. The highest BCUT2D eigenvalue weighted by Gasteiger charge is 2.30. The van der Waals surface area contributed by atoms with Crippen LogP contribution in [-0.2, 0) is 9.53 Å². The number of hydrogen-bond donors (Lipinski definition) is 0. The Balaban J connectivity index is 2.18. The number of thioether (sulfide) groups is 1. The van der Waals surface area contributed by atoms with Gasteiger partial charge in [0.15, 0.2) is 0 Å². The first-order valence-electron chi connectivity index (χ1n) is 5.88. The van der Waals surface area contributed by atoms with Crippen LogP contribution in [0.5, 0.6) is 0 Å². The Hall–Kier alpha value is -0.970. The third-order valence-corrected chi connectivity index (χ3v) is 4.19. The van der Waals surface area contributed by atoms with Gasteiger partial charge >= 0.3 is 5.97 Å². The molecule has 0 unspecified atom stereocenters. The molecule has 0 amide bonds. The van der Waals surface area contributed by atoms with Crippen molar-refractivity contribution in [3.8, 4) is 0 Å². The van der Waals surface area contributed by atoms with Crippen molar-refractivity contribution in [1.82, 2.24) is 0 Å². The zero-order chi connectivity index (χ0) is 14.9. The van der Waals surface area contributed by atoms with Crippen LogP contribution in [0.2, 0.25) is 10.0 Å². The lowest BCUT2D eigenvalue weighted by Crippen LogP contribution is -2.24. The number of allylic oxidation sites excluding steroid dienone is 1. The van der Waals surface area contributed by atoms with E-state index in [1.54, 1.807) is 6.07 Å². The first-order valence-corrected chi connectivity index (χ1v) is 7.45. The van der Waals surface area contributed by atoms with Crippen LogP contribution >= 0.6 is 35.0 Å². The van der Waals surface area contributed by atoms with E-state index < -0.39 is 5.97 Å². The van der Waals surface area contributed by atoms with Gasteiger partial charge in [0.1, 0.15) is 5.76 Å². The third-order valence-electron chi connectivity index (χ3n) is 2.63. The van der Waals surface area contributed by atoms with Gasteiger partial charge in [0, 0.05) is 22.3 Å². The maximum Gasteiger partial charge on any atom is 0.344 e. The summed E-state index contributed by atoms with van der Waals surface area (Å²) in [5.41, 5.74) is 0.223. The van der Waals surface area contributed by atoms with Crippen LogP contribution < -0.4 is 0 Å². The Kier molecular flexibility index (Phi) is 4.47. The van der Waals surface area contributed by atoms with Crippen LogP contribution in [0.4, 0.5) is 0 Å². The average molecular weight is 331 g/mol. The SMILES string of the molecule is CC1(C)CC(OC(=O)c2ccc(Cl)cc2Cl)=CC(=O)S1. The van der Waals surface area contributed by atoms with Gasteiger partial charge in [-0.25, -0.2) is 4.79 Å². The summed E-state index contributed by atoms with van der Waals surface area (Å²) >= 11 is 13.0. The van der Waals surface area contributed by atoms with Gasteiger partial charge in [0.05, 0.1) is 10.6 Å². The van der Waals surface area contributed by atoms with E-state index >= 15 is 0 Å². The number of rotatable bonds is 2. The largest absolute Gasteiger partial charge is 0.427 e. The predicted octanol–water partition coefficient (Wildman–Crippen LogP) is 4.48. The van der Waals surface area contributed by atoms with Gasteiger partial charge in [-0.3, -0.25) is 4.79 Å². The Bertz CT molecular complexity index is 608. The number of carbonyl (C=O) groups is 2. The van der Waals surface area contributed by atoms with Crippen molar-refractivity contribution in [3.05, 3.63) is 45.6 Å². The van der Waals surface area contributed by atoms with Crippen LogP contribution in [-0.4, -0.2) is 15.8 Å². The molecule has 0 atom stereocenters. The molecule has 3 nitrogen and oxygen atoms in total. The normalized spacial score (nSPS) is 17.6. The zero-order valence-electron chi connectivity index (χ0n) is 10.9. The molecular formula is C14H12Cl2O3S. The summed E-state index contributed by atoms with van der Waals surface area (Å²) in [7, 11) is 0. The Morgan fingerprint density at radius 3 is 2.65 bits per heavy atom. The van der Waals surface area contributed by atoms with Gasteiger partial charge in [0.2, 0.25) is 5.12 Å². The van der Waals surface area contributed by atoms with Crippen molar-refractivity contribution in [2.75, 3.05) is 0 Å². The second kappa shape index (κ2) is 5.80. The van der Waals surface area contributed by atoms with Gasteiger partial charge in [0.25, 0.3) is 0 Å². The van der Waals surface area contributed by atoms with Crippen molar-refractivity contribution in [2.45, 2.75) is 25.0 Å². The van der Waals surface area contributed by atoms with Crippen LogP contribution in [0.15, 0.2) is 30.0 Å². The van der Waals surface area contributed by atoms with E-state index in [1.807, 2.05) is 13.8 Å². The fourth-order valence-corrected chi connectivity index (χ4v) is 3.27. The zero-order valence-corrected chi connectivity index (χ0v) is 13.2. The fourth-order valence-electron chi connectivity index (χ4n) is 1.83. The van der Waals surface area contributed by atoms with E-state index in [1.165, 1.54) is 30.0 Å². The smallest absolute Gasteiger partial charge is 0.344 e. The number of esters is 1. The van der Waals surface area contributed by atoms with E-state index in [4.69, 9.17) is 27.9 Å². The minimum absolute atomic E-state index is 0.119. The molecule has 2 rings (SSSR count). The lowest BCUT2D eigenvalue weighted by molar-refractivity contribution is -0.107. The molecule has 20 heavy (non-hydrogen) atoms. The lowest BCUT2D eigenvalue weighted by atomic mass is 10.1. The van der Waals surface area contributed by atoms with E-state index in [0.29, 0.717) is 17.2 Å². The highest BCUT2D eigenvalue weighted by molar-refractivity contribution is 8.15. The Morgan fingerprint density at radius 1 is 1.35 bits per heavy atom. The molecule has 0 fully saturated rings. The lowest BCUT2D eigenvalue weighted by Gasteiger charge is -2.27. The van der Waals surface area contributed by atoms with Crippen molar-refractivity contribution in [3.63, 3.8) is 0 Å². The van der Waals surface area contributed by atoms with Crippen LogP contribution in [0.3, 0.4) is 0 Å². The molecule has 0 saturated carbocycles. The first-order chi connectivity index (χ1) is 9.27.